The first-order chi connectivity index (χ1) is 10.8. The maximum absolute atomic E-state index is 10.7. The molecule has 0 atom stereocenters. The molecule has 108 valence electrons. The molecule has 0 aromatic heterocycles. The van der Waals surface area contributed by atoms with Crippen LogP contribution in [0.4, 0.5) is 0 Å². The molecule has 1 nitrogen and oxygen atoms in total. The highest BCUT2D eigenvalue weighted by Gasteiger charge is 2.30. The zero-order valence-corrected chi connectivity index (χ0v) is 12.3. The van der Waals surface area contributed by atoms with Gasteiger partial charge in [-0.2, -0.15) is 0 Å². The van der Waals surface area contributed by atoms with E-state index in [-0.39, 0.29) is 0 Å². The largest absolute Gasteiger partial charge is 0.384 e. The van der Waals surface area contributed by atoms with Crippen molar-refractivity contribution >= 4 is 0 Å². The van der Waals surface area contributed by atoms with Gasteiger partial charge in [-0.05, 0) is 34.2 Å². The fraction of sp³-hybridized carbons (Fsp3) is 0.143. The lowest BCUT2D eigenvalue weighted by molar-refractivity contribution is 0.213. The highest BCUT2D eigenvalue weighted by Crippen LogP contribution is 2.43. The van der Waals surface area contributed by atoms with E-state index in [9.17, 15) is 5.11 Å². The van der Waals surface area contributed by atoms with Gasteiger partial charge in [0, 0.05) is 5.92 Å². The van der Waals surface area contributed by atoms with Crippen molar-refractivity contribution in [1.29, 1.82) is 0 Å². The van der Waals surface area contributed by atoms with E-state index in [0.717, 1.165) is 17.5 Å². The highest BCUT2D eigenvalue weighted by molar-refractivity contribution is 5.52. The Bertz CT molecular complexity index is 744. The minimum absolute atomic E-state index is 0.304. The zero-order valence-electron chi connectivity index (χ0n) is 12.3. The molecule has 0 heterocycles. The molecule has 22 heavy (non-hydrogen) atoms. The number of hydrogen-bond donors (Lipinski definition) is 1. The monoisotopic (exact) mass is 286 g/mol. The number of aliphatic hydroxyl groups is 1. The standard InChI is InChI=1S/C21H18O/c22-21-18-12-6-4-10-16(18)20(14-15-8-2-1-3-9-15)17-11-5-7-13-19(17)21/h1-13,20-22H,14H2. The average molecular weight is 286 g/mol. The van der Waals surface area contributed by atoms with Crippen molar-refractivity contribution in [3.63, 3.8) is 0 Å². The molecule has 1 heteroatoms. The molecule has 0 aliphatic heterocycles. The summed E-state index contributed by atoms with van der Waals surface area (Å²) in [5, 5.41) is 10.7. The zero-order chi connectivity index (χ0) is 14.9. The van der Waals surface area contributed by atoms with Crippen molar-refractivity contribution in [2.75, 3.05) is 0 Å². The molecular weight excluding hydrogens is 268 g/mol. The first-order valence-electron chi connectivity index (χ1n) is 7.74. The predicted molar refractivity (Wildman–Crippen MR) is 88.9 cm³/mol. The van der Waals surface area contributed by atoms with Crippen molar-refractivity contribution < 1.29 is 5.11 Å². The fourth-order valence-electron chi connectivity index (χ4n) is 3.56. The Kier molecular flexibility index (Phi) is 3.28. The van der Waals surface area contributed by atoms with Crippen LogP contribution in [0.1, 0.15) is 39.8 Å². The summed E-state index contributed by atoms with van der Waals surface area (Å²) >= 11 is 0. The molecule has 0 amide bonds. The topological polar surface area (TPSA) is 20.2 Å². The van der Waals surface area contributed by atoms with Crippen LogP contribution in [0.2, 0.25) is 0 Å². The summed E-state index contributed by atoms with van der Waals surface area (Å²) in [5.74, 6) is 0.304. The summed E-state index contributed by atoms with van der Waals surface area (Å²) in [6, 6.07) is 27.1. The summed E-state index contributed by atoms with van der Waals surface area (Å²) < 4.78 is 0. The number of aliphatic hydroxyl groups excluding tert-OH is 1. The van der Waals surface area contributed by atoms with Crippen molar-refractivity contribution in [1.82, 2.24) is 0 Å². The molecule has 0 fully saturated rings. The fourth-order valence-corrected chi connectivity index (χ4v) is 3.56. The summed E-state index contributed by atoms with van der Waals surface area (Å²) in [6.45, 7) is 0. The molecule has 1 N–H and O–H groups in total. The van der Waals surface area contributed by atoms with Gasteiger partial charge in [-0.3, -0.25) is 0 Å². The van der Waals surface area contributed by atoms with E-state index >= 15 is 0 Å². The maximum atomic E-state index is 10.7. The minimum Gasteiger partial charge on any atom is -0.384 e. The number of fused-ring (bicyclic) bond motifs is 2. The highest BCUT2D eigenvalue weighted by atomic mass is 16.3. The van der Waals surface area contributed by atoms with Gasteiger partial charge in [-0.15, -0.1) is 0 Å². The summed E-state index contributed by atoms with van der Waals surface area (Å²) in [5.41, 5.74) is 5.91. The van der Waals surface area contributed by atoms with E-state index in [2.05, 4.69) is 54.6 Å². The Balaban J connectivity index is 1.85. The van der Waals surface area contributed by atoms with Gasteiger partial charge in [-0.25, -0.2) is 0 Å². The van der Waals surface area contributed by atoms with Gasteiger partial charge in [0.2, 0.25) is 0 Å². The predicted octanol–water partition coefficient (Wildman–Crippen LogP) is 4.46. The van der Waals surface area contributed by atoms with Crippen molar-refractivity contribution in [2.45, 2.75) is 18.4 Å². The molecule has 1 aliphatic rings. The Labute approximate surface area is 130 Å². The van der Waals surface area contributed by atoms with Crippen LogP contribution in [0.15, 0.2) is 78.9 Å². The van der Waals surface area contributed by atoms with E-state index in [1.165, 1.54) is 16.7 Å². The van der Waals surface area contributed by atoms with Gasteiger partial charge in [-0.1, -0.05) is 78.9 Å². The normalized spacial score (nSPS) is 19.3. The molecule has 3 aromatic carbocycles. The SMILES string of the molecule is OC1c2ccccc2C(Cc2ccccc2)c2ccccc21. The van der Waals surface area contributed by atoms with Gasteiger partial charge >= 0.3 is 0 Å². The molecule has 1 aliphatic carbocycles. The summed E-state index contributed by atoms with van der Waals surface area (Å²) in [7, 11) is 0. The Hall–Kier alpha value is -2.38. The molecule has 0 saturated heterocycles. The second-order valence-corrected chi connectivity index (χ2v) is 5.90. The van der Waals surface area contributed by atoms with Gasteiger partial charge < -0.3 is 5.11 Å². The van der Waals surface area contributed by atoms with Crippen LogP contribution < -0.4 is 0 Å². The maximum Gasteiger partial charge on any atom is 0.105 e. The second-order valence-electron chi connectivity index (χ2n) is 5.90. The lowest BCUT2D eigenvalue weighted by Gasteiger charge is -2.32. The van der Waals surface area contributed by atoms with E-state index in [0.29, 0.717) is 5.92 Å². The molecule has 3 aromatic rings. The number of benzene rings is 3. The van der Waals surface area contributed by atoms with Crippen LogP contribution in [0, 0.1) is 0 Å². The van der Waals surface area contributed by atoms with E-state index in [1.54, 1.807) is 0 Å². The van der Waals surface area contributed by atoms with Gasteiger partial charge in [0.15, 0.2) is 0 Å². The van der Waals surface area contributed by atoms with Crippen LogP contribution >= 0.6 is 0 Å². The van der Waals surface area contributed by atoms with Crippen LogP contribution in [-0.4, -0.2) is 5.11 Å². The van der Waals surface area contributed by atoms with Crippen molar-refractivity contribution in [3.05, 3.63) is 107 Å². The first-order valence-corrected chi connectivity index (χ1v) is 7.74. The summed E-state index contributed by atoms with van der Waals surface area (Å²) in [6.07, 6.45) is 0.445. The number of rotatable bonds is 2. The average Bonchev–Trinajstić information content (AvgIpc) is 2.59. The smallest absolute Gasteiger partial charge is 0.105 e. The molecular formula is C21H18O. The Morgan fingerprint density at radius 2 is 1.05 bits per heavy atom. The van der Waals surface area contributed by atoms with Gasteiger partial charge in [0.1, 0.15) is 6.10 Å². The lowest BCUT2D eigenvalue weighted by Crippen LogP contribution is -2.19. The molecule has 0 saturated carbocycles. The first kappa shape index (κ1) is 13.3. The summed E-state index contributed by atoms with van der Waals surface area (Å²) in [4.78, 5) is 0. The third kappa shape index (κ3) is 2.15. The van der Waals surface area contributed by atoms with Crippen LogP contribution in [0.3, 0.4) is 0 Å². The number of hydrogen-bond acceptors (Lipinski definition) is 1. The van der Waals surface area contributed by atoms with Crippen molar-refractivity contribution in [3.8, 4) is 0 Å². The van der Waals surface area contributed by atoms with Crippen molar-refractivity contribution in [2.24, 2.45) is 0 Å². The minimum atomic E-state index is -0.514. The van der Waals surface area contributed by atoms with Crippen LogP contribution in [0.25, 0.3) is 0 Å². The van der Waals surface area contributed by atoms with E-state index in [4.69, 9.17) is 0 Å². The quantitative estimate of drug-likeness (QED) is 0.737. The van der Waals surface area contributed by atoms with Gasteiger partial charge in [0.25, 0.3) is 0 Å². The van der Waals surface area contributed by atoms with Gasteiger partial charge in [0.05, 0.1) is 0 Å². The lowest BCUT2D eigenvalue weighted by atomic mass is 9.74. The van der Waals surface area contributed by atoms with Crippen LogP contribution in [-0.2, 0) is 6.42 Å². The van der Waals surface area contributed by atoms with E-state index in [1.807, 2.05) is 24.3 Å². The third-order valence-corrected chi connectivity index (χ3v) is 4.61. The molecule has 4 rings (SSSR count). The Morgan fingerprint density at radius 1 is 0.591 bits per heavy atom. The van der Waals surface area contributed by atoms with Crippen LogP contribution in [0.5, 0.6) is 0 Å². The third-order valence-electron chi connectivity index (χ3n) is 4.61. The second kappa shape index (κ2) is 5.43. The Morgan fingerprint density at radius 3 is 1.59 bits per heavy atom. The molecule has 0 unspecified atom stereocenters. The molecule has 0 radical (unpaired) electrons. The molecule has 0 spiro atoms. The van der Waals surface area contributed by atoms with E-state index < -0.39 is 6.10 Å². The molecule has 0 bridgehead atoms.